The van der Waals surface area contributed by atoms with Gasteiger partial charge in [0.05, 0.1) is 11.0 Å². The first-order valence-electron chi connectivity index (χ1n) is 4.84. The van der Waals surface area contributed by atoms with Crippen LogP contribution in [0.1, 0.15) is 33.6 Å². The molecule has 0 aromatic carbocycles. The highest BCUT2D eigenvalue weighted by Gasteiger charge is 2.43. The van der Waals surface area contributed by atoms with Crippen molar-refractivity contribution in [2.24, 2.45) is 5.41 Å². The van der Waals surface area contributed by atoms with Crippen molar-refractivity contribution in [2.75, 3.05) is 0 Å². The number of ether oxygens (including phenoxy) is 1. The van der Waals surface area contributed by atoms with E-state index in [-0.39, 0.29) is 12.1 Å². The molecule has 80 valence electrons. The molecule has 1 aliphatic rings. The molecule has 1 N–H and O–H groups in total. The van der Waals surface area contributed by atoms with Crippen LogP contribution in [-0.2, 0) is 9.53 Å². The van der Waals surface area contributed by atoms with Gasteiger partial charge in [-0.1, -0.05) is 6.08 Å². The molecule has 0 aliphatic heterocycles. The summed E-state index contributed by atoms with van der Waals surface area (Å²) in [5.74, 6) is -0.214. The minimum atomic E-state index is -0.817. The average Bonchev–Trinajstić information content (AvgIpc) is 1.99. The molecule has 0 aromatic heterocycles. The molecule has 3 nitrogen and oxygen atoms in total. The van der Waals surface area contributed by atoms with Crippen LogP contribution in [0.5, 0.6) is 0 Å². The zero-order chi connectivity index (χ0) is 11.0. The van der Waals surface area contributed by atoms with E-state index in [4.69, 9.17) is 4.74 Å². The van der Waals surface area contributed by atoms with Gasteiger partial charge in [-0.05, 0) is 20.8 Å². The van der Waals surface area contributed by atoms with Crippen LogP contribution in [0.2, 0.25) is 0 Å². The fraction of sp³-hybridized carbons (Fsp3) is 0.727. The van der Waals surface area contributed by atoms with Crippen LogP contribution >= 0.6 is 0 Å². The maximum absolute atomic E-state index is 11.4. The lowest BCUT2D eigenvalue weighted by Crippen LogP contribution is -2.48. The SMILES string of the molecule is C=CC1(O)CC(OC(=O)C(C)(C)C)C1. The molecule has 1 rings (SSSR count). The van der Waals surface area contributed by atoms with E-state index in [9.17, 15) is 9.90 Å². The smallest absolute Gasteiger partial charge is 0.311 e. The molecule has 0 spiro atoms. The molecule has 0 atom stereocenters. The predicted molar refractivity (Wildman–Crippen MR) is 53.7 cm³/mol. The van der Waals surface area contributed by atoms with Gasteiger partial charge in [0.15, 0.2) is 0 Å². The van der Waals surface area contributed by atoms with E-state index >= 15 is 0 Å². The Balaban J connectivity index is 2.37. The van der Waals surface area contributed by atoms with Gasteiger partial charge in [-0.2, -0.15) is 0 Å². The maximum Gasteiger partial charge on any atom is 0.311 e. The summed E-state index contributed by atoms with van der Waals surface area (Å²) in [6.07, 6.45) is 2.30. The monoisotopic (exact) mass is 198 g/mol. The molecule has 0 amide bonds. The van der Waals surface area contributed by atoms with Crippen LogP contribution < -0.4 is 0 Å². The van der Waals surface area contributed by atoms with Crippen molar-refractivity contribution < 1.29 is 14.6 Å². The van der Waals surface area contributed by atoms with Gasteiger partial charge in [0, 0.05) is 12.8 Å². The molecular weight excluding hydrogens is 180 g/mol. The Bertz CT molecular complexity index is 244. The summed E-state index contributed by atoms with van der Waals surface area (Å²) < 4.78 is 5.20. The third-order valence-electron chi connectivity index (χ3n) is 2.43. The molecule has 0 aromatic rings. The first-order chi connectivity index (χ1) is 6.27. The predicted octanol–water partition coefficient (Wildman–Crippen LogP) is 1.66. The lowest BCUT2D eigenvalue weighted by Gasteiger charge is -2.41. The molecule has 0 unspecified atom stereocenters. The summed E-state index contributed by atoms with van der Waals surface area (Å²) >= 11 is 0. The zero-order valence-electron chi connectivity index (χ0n) is 9.04. The Morgan fingerprint density at radius 1 is 1.57 bits per heavy atom. The van der Waals surface area contributed by atoms with Gasteiger partial charge in [-0.25, -0.2) is 0 Å². The van der Waals surface area contributed by atoms with Crippen LogP contribution in [0.3, 0.4) is 0 Å². The van der Waals surface area contributed by atoms with E-state index in [0.717, 1.165) is 0 Å². The van der Waals surface area contributed by atoms with Crippen LogP contribution in [0, 0.1) is 5.41 Å². The molecule has 1 saturated carbocycles. The van der Waals surface area contributed by atoms with Crippen LogP contribution in [0.15, 0.2) is 12.7 Å². The molecule has 0 saturated heterocycles. The van der Waals surface area contributed by atoms with Crippen molar-refractivity contribution in [3.63, 3.8) is 0 Å². The summed E-state index contributed by atoms with van der Waals surface area (Å²) in [4.78, 5) is 11.4. The van der Waals surface area contributed by atoms with Gasteiger partial charge in [-0.3, -0.25) is 4.79 Å². The van der Waals surface area contributed by atoms with Crippen LogP contribution in [0.25, 0.3) is 0 Å². The molecule has 1 fully saturated rings. The normalized spacial score (nSPS) is 31.9. The number of hydrogen-bond donors (Lipinski definition) is 1. The summed E-state index contributed by atoms with van der Waals surface area (Å²) in [6.45, 7) is 8.97. The first kappa shape index (κ1) is 11.2. The van der Waals surface area contributed by atoms with E-state index in [1.54, 1.807) is 0 Å². The largest absolute Gasteiger partial charge is 0.462 e. The van der Waals surface area contributed by atoms with Crippen LogP contribution in [0.4, 0.5) is 0 Å². The highest BCUT2D eigenvalue weighted by Crippen LogP contribution is 2.36. The fourth-order valence-electron chi connectivity index (χ4n) is 1.31. The topological polar surface area (TPSA) is 46.5 Å². The van der Waals surface area contributed by atoms with Gasteiger partial charge in [0.2, 0.25) is 0 Å². The third kappa shape index (κ3) is 2.35. The van der Waals surface area contributed by atoms with Crippen molar-refractivity contribution in [3.8, 4) is 0 Å². The maximum atomic E-state index is 11.4. The van der Waals surface area contributed by atoms with Gasteiger partial charge in [0.1, 0.15) is 6.10 Å². The molecular formula is C11H18O3. The van der Waals surface area contributed by atoms with Crippen molar-refractivity contribution in [1.29, 1.82) is 0 Å². The second-order valence-electron chi connectivity index (χ2n) is 4.99. The first-order valence-corrected chi connectivity index (χ1v) is 4.84. The second-order valence-corrected chi connectivity index (χ2v) is 4.99. The second kappa shape index (κ2) is 3.39. The van der Waals surface area contributed by atoms with Crippen molar-refractivity contribution in [3.05, 3.63) is 12.7 Å². The Kier molecular flexibility index (Phi) is 2.72. The highest BCUT2D eigenvalue weighted by atomic mass is 16.5. The number of aliphatic hydroxyl groups is 1. The number of esters is 1. The summed E-state index contributed by atoms with van der Waals surface area (Å²) in [5.41, 5.74) is -1.29. The van der Waals surface area contributed by atoms with Gasteiger partial charge < -0.3 is 9.84 Å². The number of hydrogen-bond acceptors (Lipinski definition) is 3. The van der Waals surface area contributed by atoms with Gasteiger partial charge in [0.25, 0.3) is 0 Å². The van der Waals surface area contributed by atoms with Gasteiger partial charge >= 0.3 is 5.97 Å². The van der Waals surface area contributed by atoms with Crippen molar-refractivity contribution >= 4 is 5.97 Å². The number of carbonyl (C=O) groups is 1. The molecule has 0 heterocycles. The van der Waals surface area contributed by atoms with E-state index in [1.807, 2.05) is 20.8 Å². The molecule has 0 radical (unpaired) electrons. The highest BCUT2D eigenvalue weighted by molar-refractivity contribution is 5.75. The van der Waals surface area contributed by atoms with E-state index in [0.29, 0.717) is 12.8 Å². The summed E-state index contributed by atoms with van der Waals surface area (Å²) in [7, 11) is 0. The minimum absolute atomic E-state index is 0.148. The molecule has 3 heteroatoms. The standard InChI is InChI=1S/C11H18O3/c1-5-11(13)6-8(7-11)14-9(12)10(2,3)4/h5,8,13H,1,6-7H2,2-4H3. The van der Waals surface area contributed by atoms with E-state index in [1.165, 1.54) is 6.08 Å². The number of rotatable bonds is 2. The molecule has 1 aliphatic carbocycles. The van der Waals surface area contributed by atoms with Crippen molar-refractivity contribution in [1.82, 2.24) is 0 Å². The van der Waals surface area contributed by atoms with Crippen molar-refractivity contribution in [2.45, 2.75) is 45.3 Å². The van der Waals surface area contributed by atoms with Crippen LogP contribution in [-0.4, -0.2) is 22.8 Å². The number of carbonyl (C=O) groups excluding carboxylic acids is 1. The summed E-state index contributed by atoms with van der Waals surface area (Å²) in [5, 5.41) is 9.60. The Hall–Kier alpha value is -0.830. The zero-order valence-corrected chi connectivity index (χ0v) is 9.04. The third-order valence-corrected chi connectivity index (χ3v) is 2.43. The lowest BCUT2D eigenvalue weighted by atomic mass is 9.77. The molecule has 14 heavy (non-hydrogen) atoms. The Morgan fingerprint density at radius 2 is 2.07 bits per heavy atom. The van der Waals surface area contributed by atoms with E-state index < -0.39 is 11.0 Å². The minimum Gasteiger partial charge on any atom is -0.462 e. The molecule has 0 bridgehead atoms. The summed E-state index contributed by atoms with van der Waals surface area (Å²) in [6, 6.07) is 0. The lowest BCUT2D eigenvalue weighted by molar-refractivity contribution is -0.174. The van der Waals surface area contributed by atoms with E-state index in [2.05, 4.69) is 6.58 Å². The Labute approximate surface area is 84.8 Å². The average molecular weight is 198 g/mol. The Morgan fingerprint density at radius 3 is 2.43 bits per heavy atom. The van der Waals surface area contributed by atoms with Gasteiger partial charge in [-0.15, -0.1) is 6.58 Å². The quantitative estimate of drug-likeness (QED) is 0.542. The fourth-order valence-corrected chi connectivity index (χ4v) is 1.31.